The van der Waals surface area contributed by atoms with Crippen LogP contribution in [0.15, 0.2) is 35.5 Å². The van der Waals surface area contributed by atoms with Crippen molar-refractivity contribution < 1.29 is 23.9 Å². The molecule has 1 saturated carbocycles. The number of rotatable bonds is 5. The molecule has 0 radical (unpaired) electrons. The quantitative estimate of drug-likeness (QED) is 0.818. The van der Waals surface area contributed by atoms with Crippen molar-refractivity contribution >= 4 is 18.0 Å². The number of nitrogens with zero attached hydrogens (tertiary/aromatic N) is 1. The van der Waals surface area contributed by atoms with Gasteiger partial charge < -0.3 is 14.8 Å². The van der Waals surface area contributed by atoms with E-state index >= 15 is 0 Å². The van der Waals surface area contributed by atoms with Crippen LogP contribution in [0.4, 0.5) is 4.79 Å². The predicted molar refractivity (Wildman–Crippen MR) is 93.2 cm³/mol. The highest BCUT2D eigenvalue weighted by Crippen LogP contribution is 2.38. The van der Waals surface area contributed by atoms with E-state index in [1.807, 2.05) is 0 Å². The lowest BCUT2D eigenvalue weighted by Crippen LogP contribution is -2.49. The summed E-state index contributed by atoms with van der Waals surface area (Å²) in [5.74, 6) is -1.03. The summed E-state index contributed by atoms with van der Waals surface area (Å²) >= 11 is 0. The van der Waals surface area contributed by atoms with Gasteiger partial charge in [-0.3, -0.25) is 4.90 Å². The van der Waals surface area contributed by atoms with Crippen molar-refractivity contribution in [2.24, 2.45) is 0 Å². The van der Waals surface area contributed by atoms with Crippen LogP contribution < -0.4 is 5.32 Å². The Balaban J connectivity index is 2.12. The predicted octanol–water partition coefficient (Wildman–Crippen LogP) is 2.54. The number of hydrogen-bond acceptors (Lipinski definition) is 5. The van der Waals surface area contributed by atoms with E-state index < -0.39 is 18.0 Å². The van der Waals surface area contributed by atoms with Gasteiger partial charge in [0.1, 0.15) is 0 Å². The molecule has 3 rings (SSSR count). The summed E-state index contributed by atoms with van der Waals surface area (Å²) in [7, 11) is 1.29. The molecule has 0 aromatic heterocycles. The van der Waals surface area contributed by atoms with E-state index in [-0.39, 0.29) is 18.7 Å². The van der Waals surface area contributed by atoms with Crippen LogP contribution in [-0.4, -0.2) is 42.6 Å². The van der Waals surface area contributed by atoms with Crippen LogP contribution in [0.1, 0.15) is 48.7 Å². The van der Waals surface area contributed by atoms with Crippen molar-refractivity contribution in [2.75, 3.05) is 13.7 Å². The molecule has 138 valence electrons. The highest BCUT2D eigenvalue weighted by Gasteiger charge is 2.43. The normalized spacial score (nSPS) is 19.9. The van der Waals surface area contributed by atoms with Gasteiger partial charge in [-0.15, -0.1) is 0 Å². The Morgan fingerprint density at radius 1 is 1.23 bits per heavy atom. The highest BCUT2D eigenvalue weighted by molar-refractivity contribution is 5.97. The largest absolute Gasteiger partial charge is 0.465 e. The third kappa shape index (κ3) is 3.16. The van der Waals surface area contributed by atoms with Crippen LogP contribution >= 0.6 is 0 Å². The molecule has 7 nitrogen and oxygen atoms in total. The number of benzene rings is 1. The first-order chi connectivity index (χ1) is 12.5. The zero-order chi connectivity index (χ0) is 18.8. The second-order valence-corrected chi connectivity index (χ2v) is 6.28. The molecule has 1 aromatic rings. The Labute approximate surface area is 151 Å². The van der Waals surface area contributed by atoms with Crippen molar-refractivity contribution in [3.63, 3.8) is 0 Å². The zero-order valence-corrected chi connectivity index (χ0v) is 15.1. The van der Waals surface area contributed by atoms with Crippen LogP contribution in [0.2, 0.25) is 0 Å². The highest BCUT2D eigenvalue weighted by atomic mass is 16.5. The molecular weight excluding hydrogens is 336 g/mol. The molecule has 0 bridgehead atoms. The number of carbonyl (C=O) groups excluding carboxylic acids is 3. The van der Waals surface area contributed by atoms with Gasteiger partial charge in [-0.25, -0.2) is 14.4 Å². The first-order valence-corrected chi connectivity index (χ1v) is 8.64. The maximum Gasteiger partial charge on any atom is 0.338 e. The van der Waals surface area contributed by atoms with E-state index in [1.54, 1.807) is 43.0 Å². The van der Waals surface area contributed by atoms with Crippen LogP contribution in [0.25, 0.3) is 0 Å². The van der Waals surface area contributed by atoms with E-state index in [0.29, 0.717) is 22.4 Å². The fraction of sp³-hybridized carbons (Fsp3) is 0.421. The van der Waals surface area contributed by atoms with Crippen molar-refractivity contribution in [1.82, 2.24) is 10.2 Å². The lowest BCUT2D eigenvalue weighted by atomic mass is 9.91. The van der Waals surface area contributed by atoms with E-state index in [4.69, 9.17) is 9.47 Å². The molecule has 0 spiro atoms. The summed E-state index contributed by atoms with van der Waals surface area (Å²) in [5.41, 5.74) is 1.72. The van der Waals surface area contributed by atoms with Gasteiger partial charge in [-0.1, -0.05) is 18.2 Å². The minimum atomic E-state index is -0.771. The minimum absolute atomic E-state index is 0.108. The van der Waals surface area contributed by atoms with Crippen molar-refractivity contribution in [1.29, 1.82) is 0 Å². The van der Waals surface area contributed by atoms with Crippen molar-refractivity contribution in [3.8, 4) is 0 Å². The smallest absolute Gasteiger partial charge is 0.338 e. The zero-order valence-electron chi connectivity index (χ0n) is 15.1. The Kier molecular flexibility index (Phi) is 4.97. The summed E-state index contributed by atoms with van der Waals surface area (Å²) in [6.07, 6.45) is 1.81. The minimum Gasteiger partial charge on any atom is -0.465 e. The number of nitrogens with one attached hydrogen (secondary N) is 1. The van der Waals surface area contributed by atoms with E-state index in [9.17, 15) is 14.4 Å². The van der Waals surface area contributed by atoms with Crippen LogP contribution in [0.3, 0.4) is 0 Å². The fourth-order valence-electron chi connectivity index (χ4n) is 3.28. The second-order valence-electron chi connectivity index (χ2n) is 6.28. The average molecular weight is 358 g/mol. The van der Waals surface area contributed by atoms with Gasteiger partial charge in [0, 0.05) is 11.7 Å². The van der Waals surface area contributed by atoms with E-state index in [0.717, 1.165) is 12.8 Å². The maximum absolute atomic E-state index is 12.7. The van der Waals surface area contributed by atoms with Gasteiger partial charge in [0.25, 0.3) is 0 Å². The third-order valence-corrected chi connectivity index (χ3v) is 4.61. The number of amides is 2. The standard InChI is InChI=1S/C19H22N2O5/c1-4-26-18(23)15-11(2)21(12-9-10-12)19(24)20-16(15)13-7-5-6-8-14(13)17(22)25-3/h5-8,12,16H,4,9-10H2,1-3H3,(H,20,24). The van der Waals surface area contributed by atoms with Crippen molar-refractivity contribution in [2.45, 2.75) is 38.8 Å². The molecule has 1 aliphatic heterocycles. The molecule has 7 heteroatoms. The van der Waals surface area contributed by atoms with Crippen LogP contribution in [0, 0.1) is 0 Å². The summed E-state index contributed by atoms with van der Waals surface area (Å²) in [6, 6.07) is 5.83. The lowest BCUT2D eigenvalue weighted by Gasteiger charge is -2.36. The second kappa shape index (κ2) is 7.19. The van der Waals surface area contributed by atoms with Gasteiger partial charge >= 0.3 is 18.0 Å². The number of esters is 2. The topological polar surface area (TPSA) is 84.9 Å². The number of carbonyl (C=O) groups is 3. The molecule has 1 fully saturated rings. The summed E-state index contributed by atoms with van der Waals surface area (Å²) < 4.78 is 10.1. The molecule has 2 amide bonds. The molecule has 0 saturated heterocycles. The Hall–Kier alpha value is -2.83. The molecule has 1 aliphatic carbocycles. The van der Waals surface area contributed by atoms with Gasteiger partial charge in [-0.05, 0) is 38.3 Å². The van der Waals surface area contributed by atoms with E-state index in [1.165, 1.54) is 7.11 Å². The molecule has 1 unspecified atom stereocenters. The number of hydrogen-bond donors (Lipinski definition) is 1. The third-order valence-electron chi connectivity index (χ3n) is 4.61. The molecule has 1 N–H and O–H groups in total. The summed E-state index contributed by atoms with van der Waals surface area (Å²) in [6.45, 7) is 3.70. The number of allylic oxidation sites excluding steroid dienone is 1. The molecule has 1 atom stereocenters. The molecule has 1 aromatic carbocycles. The fourth-order valence-corrected chi connectivity index (χ4v) is 3.28. The summed E-state index contributed by atoms with van der Waals surface area (Å²) in [5, 5.41) is 2.86. The van der Waals surface area contributed by atoms with Gasteiger partial charge in [0.05, 0.1) is 30.9 Å². The summed E-state index contributed by atoms with van der Waals surface area (Å²) in [4.78, 5) is 39.1. The Bertz CT molecular complexity index is 782. The van der Waals surface area contributed by atoms with Crippen molar-refractivity contribution in [3.05, 3.63) is 46.7 Å². The van der Waals surface area contributed by atoms with Crippen LogP contribution in [-0.2, 0) is 14.3 Å². The van der Waals surface area contributed by atoms with Gasteiger partial charge in [-0.2, -0.15) is 0 Å². The van der Waals surface area contributed by atoms with Gasteiger partial charge in [0.2, 0.25) is 0 Å². The Morgan fingerprint density at radius 3 is 2.54 bits per heavy atom. The number of urea groups is 1. The molecular formula is C19H22N2O5. The average Bonchev–Trinajstić information content (AvgIpc) is 3.45. The molecule has 1 heterocycles. The molecule has 2 aliphatic rings. The first-order valence-electron chi connectivity index (χ1n) is 8.64. The van der Waals surface area contributed by atoms with Gasteiger partial charge in [0.15, 0.2) is 0 Å². The van der Waals surface area contributed by atoms with Crippen LogP contribution in [0.5, 0.6) is 0 Å². The SMILES string of the molecule is CCOC(=O)C1=C(C)N(C2CC2)C(=O)NC1c1ccccc1C(=O)OC. The molecule has 26 heavy (non-hydrogen) atoms. The monoisotopic (exact) mass is 358 g/mol. The van der Waals surface area contributed by atoms with E-state index in [2.05, 4.69) is 5.32 Å². The Morgan fingerprint density at radius 2 is 1.92 bits per heavy atom. The number of ether oxygens (including phenoxy) is 2. The first kappa shape index (κ1) is 18.0. The maximum atomic E-state index is 12.7. The number of methoxy groups -OCH3 is 1. The lowest BCUT2D eigenvalue weighted by molar-refractivity contribution is -0.139.